The highest BCUT2D eigenvalue weighted by molar-refractivity contribution is 9.10. The van der Waals surface area contributed by atoms with E-state index in [2.05, 4.69) is 15.9 Å². The van der Waals surface area contributed by atoms with Crippen LogP contribution in [0.5, 0.6) is 0 Å². The summed E-state index contributed by atoms with van der Waals surface area (Å²) in [5.41, 5.74) is 0.137. The number of thioether (sulfide) groups is 1. The number of rotatable bonds is 4. The van der Waals surface area contributed by atoms with E-state index in [9.17, 15) is 14.4 Å². The zero-order chi connectivity index (χ0) is 15.7. The molecule has 21 heavy (non-hydrogen) atoms. The normalized spacial score (nSPS) is 18.7. The summed E-state index contributed by atoms with van der Waals surface area (Å²) in [5, 5.41) is 8.61. The zero-order valence-electron chi connectivity index (χ0n) is 11.5. The lowest BCUT2D eigenvalue weighted by Crippen LogP contribution is -2.37. The molecule has 0 spiro atoms. The van der Waals surface area contributed by atoms with E-state index in [1.165, 1.54) is 22.7 Å². The Morgan fingerprint density at radius 2 is 2.10 bits per heavy atom. The standard InChI is InChI=1S/C14H14BrNO4S/c1-7(2)16-12(17)6-11(13(16)18)21-8-3-4-10(15)9(5-8)14(19)20/h3-5,7,11H,6H2,1-2H3,(H,19,20). The number of hydrogen-bond acceptors (Lipinski definition) is 4. The second-order valence-corrected chi connectivity index (χ2v) is 7.08. The third kappa shape index (κ3) is 3.29. The summed E-state index contributed by atoms with van der Waals surface area (Å²) in [6.07, 6.45) is 0.153. The van der Waals surface area contributed by atoms with Gasteiger partial charge in [0.05, 0.1) is 10.8 Å². The van der Waals surface area contributed by atoms with E-state index in [0.717, 1.165) is 0 Å². The molecule has 1 aliphatic rings. The molecule has 1 aromatic rings. The number of carboxylic acid groups (broad SMARTS) is 1. The van der Waals surface area contributed by atoms with Crippen molar-refractivity contribution >= 4 is 45.5 Å². The Morgan fingerprint density at radius 1 is 1.43 bits per heavy atom. The molecular formula is C14H14BrNO4S. The van der Waals surface area contributed by atoms with Crippen LogP contribution in [0, 0.1) is 0 Å². The van der Waals surface area contributed by atoms with Crippen molar-refractivity contribution in [3.63, 3.8) is 0 Å². The van der Waals surface area contributed by atoms with Crippen LogP contribution in [0.2, 0.25) is 0 Å². The number of halogens is 1. The van der Waals surface area contributed by atoms with E-state index in [1.807, 2.05) is 0 Å². The molecule has 1 fully saturated rings. The first-order chi connectivity index (χ1) is 9.81. The van der Waals surface area contributed by atoms with Gasteiger partial charge in [0.15, 0.2) is 0 Å². The quantitative estimate of drug-likeness (QED) is 0.823. The minimum atomic E-state index is -1.04. The van der Waals surface area contributed by atoms with Crippen LogP contribution in [0.3, 0.4) is 0 Å². The fourth-order valence-electron chi connectivity index (χ4n) is 2.16. The van der Waals surface area contributed by atoms with E-state index in [1.54, 1.807) is 26.0 Å². The third-order valence-electron chi connectivity index (χ3n) is 3.10. The molecule has 1 aromatic carbocycles. The summed E-state index contributed by atoms with van der Waals surface area (Å²) in [7, 11) is 0. The van der Waals surface area contributed by atoms with Crippen LogP contribution < -0.4 is 0 Å². The number of nitrogens with zero attached hydrogens (tertiary/aromatic N) is 1. The maximum atomic E-state index is 12.2. The highest BCUT2D eigenvalue weighted by atomic mass is 79.9. The van der Waals surface area contributed by atoms with E-state index in [4.69, 9.17) is 5.11 Å². The SMILES string of the molecule is CC(C)N1C(=O)CC(Sc2ccc(Br)c(C(=O)O)c2)C1=O. The molecule has 0 radical (unpaired) electrons. The van der Waals surface area contributed by atoms with Crippen LogP contribution in [0.15, 0.2) is 27.6 Å². The van der Waals surface area contributed by atoms with Gasteiger partial charge in [-0.1, -0.05) is 0 Å². The molecule has 1 heterocycles. The molecule has 2 rings (SSSR count). The van der Waals surface area contributed by atoms with Crippen molar-refractivity contribution in [1.82, 2.24) is 4.90 Å². The summed E-state index contributed by atoms with van der Waals surface area (Å²) < 4.78 is 0.483. The Balaban J connectivity index is 2.20. The van der Waals surface area contributed by atoms with Crippen LogP contribution in [0.25, 0.3) is 0 Å². The summed E-state index contributed by atoms with van der Waals surface area (Å²) in [5.74, 6) is -1.43. The summed E-state index contributed by atoms with van der Waals surface area (Å²) in [6.45, 7) is 3.59. The maximum Gasteiger partial charge on any atom is 0.336 e. The van der Waals surface area contributed by atoms with Gasteiger partial charge in [-0.25, -0.2) is 4.79 Å². The monoisotopic (exact) mass is 371 g/mol. The molecule has 1 unspecified atom stereocenters. The summed E-state index contributed by atoms with van der Waals surface area (Å²) in [6, 6.07) is 4.71. The van der Waals surface area contributed by atoms with E-state index in [0.29, 0.717) is 9.37 Å². The number of imide groups is 1. The van der Waals surface area contributed by atoms with Gasteiger partial charge in [-0.15, -0.1) is 11.8 Å². The fraction of sp³-hybridized carbons (Fsp3) is 0.357. The van der Waals surface area contributed by atoms with Gasteiger partial charge in [-0.3, -0.25) is 14.5 Å². The van der Waals surface area contributed by atoms with Crippen LogP contribution in [-0.2, 0) is 9.59 Å². The predicted octanol–water partition coefficient (Wildman–Crippen LogP) is 2.78. The molecule has 0 saturated carbocycles. The Morgan fingerprint density at radius 3 is 2.62 bits per heavy atom. The Kier molecular flexibility index (Phi) is 4.73. The van der Waals surface area contributed by atoms with E-state index in [-0.39, 0.29) is 29.8 Å². The van der Waals surface area contributed by atoms with Crippen molar-refractivity contribution in [2.45, 2.75) is 36.5 Å². The lowest BCUT2D eigenvalue weighted by molar-refractivity contribution is -0.140. The second-order valence-electron chi connectivity index (χ2n) is 4.95. The second kappa shape index (κ2) is 6.19. The zero-order valence-corrected chi connectivity index (χ0v) is 13.9. The number of benzene rings is 1. The maximum absolute atomic E-state index is 12.2. The number of carboxylic acids is 1. The number of carbonyl (C=O) groups is 3. The molecule has 1 N–H and O–H groups in total. The highest BCUT2D eigenvalue weighted by Crippen LogP contribution is 2.34. The van der Waals surface area contributed by atoms with Crippen molar-refractivity contribution in [2.24, 2.45) is 0 Å². The van der Waals surface area contributed by atoms with Gasteiger partial charge in [0.2, 0.25) is 11.8 Å². The molecule has 5 nitrogen and oxygen atoms in total. The number of aromatic carboxylic acids is 1. The summed E-state index contributed by atoms with van der Waals surface area (Å²) in [4.78, 5) is 37.1. The smallest absolute Gasteiger partial charge is 0.336 e. The van der Waals surface area contributed by atoms with Crippen molar-refractivity contribution in [3.8, 4) is 0 Å². The lowest BCUT2D eigenvalue weighted by Gasteiger charge is -2.18. The largest absolute Gasteiger partial charge is 0.478 e. The number of hydrogen-bond donors (Lipinski definition) is 1. The Bertz CT molecular complexity index is 617. The minimum absolute atomic E-state index is 0.137. The Labute approximate surface area is 134 Å². The van der Waals surface area contributed by atoms with Gasteiger partial charge in [-0.05, 0) is 48.0 Å². The molecule has 0 bridgehead atoms. The lowest BCUT2D eigenvalue weighted by atomic mass is 10.2. The molecule has 7 heteroatoms. The van der Waals surface area contributed by atoms with Crippen LogP contribution >= 0.6 is 27.7 Å². The van der Waals surface area contributed by atoms with Crippen LogP contribution in [0.4, 0.5) is 0 Å². The fourth-order valence-corrected chi connectivity index (χ4v) is 3.68. The first-order valence-corrected chi connectivity index (χ1v) is 8.04. The molecular weight excluding hydrogens is 358 g/mol. The average Bonchev–Trinajstić information content (AvgIpc) is 2.66. The third-order valence-corrected chi connectivity index (χ3v) is 4.97. The molecule has 2 amide bonds. The first kappa shape index (κ1) is 16.0. The van der Waals surface area contributed by atoms with Gasteiger partial charge in [0, 0.05) is 21.8 Å². The molecule has 1 saturated heterocycles. The van der Waals surface area contributed by atoms with Crippen LogP contribution in [-0.4, -0.2) is 39.1 Å². The Hall–Kier alpha value is -1.34. The van der Waals surface area contributed by atoms with Gasteiger partial charge >= 0.3 is 5.97 Å². The van der Waals surface area contributed by atoms with Gasteiger partial charge < -0.3 is 5.11 Å². The first-order valence-electron chi connectivity index (χ1n) is 6.36. The molecule has 0 aromatic heterocycles. The molecule has 0 aliphatic carbocycles. The molecule has 112 valence electrons. The van der Waals surface area contributed by atoms with E-state index < -0.39 is 11.2 Å². The van der Waals surface area contributed by atoms with Crippen molar-refractivity contribution in [1.29, 1.82) is 0 Å². The molecule has 1 aliphatic heterocycles. The topological polar surface area (TPSA) is 74.7 Å². The van der Waals surface area contributed by atoms with Gasteiger partial charge in [0.1, 0.15) is 0 Å². The highest BCUT2D eigenvalue weighted by Gasteiger charge is 2.40. The summed E-state index contributed by atoms with van der Waals surface area (Å²) >= 11 is 4.40. The number of carbonyl (C=O) groups excluding carboxylic acids is 2. The van der Waals surface area contributed by atoms with Crippen molar-refractivity contribution < 1.29 is 19.5 Å². The van der Waals surface area contributed by atoms with Crippen molar-refractivity contribution in [2.75, 3.05) is 0 Å². The minimum Gasteiger partial charge on any atom is -0.478 e. The van der Waals surface area contributed by atoms with Crippen molar-refractivity contribution in [3.05, 3.63) is 28.2 Å². The van der Waals surface area contributed by atoms with Gasteiger partial charge in [-0.2, -0.15) is 0 Å². The number of amides is 2. The predicted molar refractivity (Wildman–Crippen MR) is 82.4 cm³/mol. The molecule has 1 atom stereocenters. The average molecular weight is 372 g/mol. The van der Waals surface area contributed by atoms with Crippen LogP contribution in [0.1, 0.15) is 30.6 Å². The van der Waals surface area contributed by atoms with E-state index >= 15 is 0 Å². The van der Waals surface area contributed by atoms with Gasteiger partial charge in [0.25, 0.3) is 0 Å². The number of likely N-dealkylation sites (tertiary alicyclic amines) is 1.